The largest absolute Gasteiger partial charge is 0.319 e. The first kappa shape index (κ1) is 12.1. The van der Waals surface area contributed by atoms with Gasteiger partial charge in [-0.1, -0.05) is 19.3 Å². The van der Waals surface area contributed by atoms with Gasteiger partial charge in [-0.05, 0) is 32.7 Å². The van der Waals surface area contributed by atoms with Crippen molar-refractivity contribution in [1.82, 2.24) is 10.3 Å². The Kier molecular flexibility index (Phi) is 4.36. The van der Waals surface area contributed by atoms with E-state index in [1.54, 1.807) is 4.88 Å². The third-order valence-corrected chi connectivity index (χ3v) is 4.60. The van der Waals surface area contributed by atoms with Crippen LogP contribution in [0.15, 0.2) is 0 Å². The standard InChI is InChI=1S/C13H22N2S/c1-10-15-12(8-9-14-2)13(16-10)11-6-4-3-5-7-11/h11,14H,3-9H2,1-2H3. The van der Waals surface area contributed by atoms with Crippen LogP contribution in [0.1, 0.15) is 53.6 Å². The van der Waals surface area contributed by atoms with E-state index >= 15 is 0 Å². The summed E-state index contributed by atoms with van der Waals surface area (Å²) in [5, 5.41) is 4.46. The predicted octanol–water partition coefficient (Wildman–Crippen LogP) is 3.26. The summed E-state index contributed by atoms with van der Waals surface area (Å²) in [6, 6.07) is 0. The van der Waals surface area contributed by atoms with Gasteiger partial charge in [-0.15, -0.1) is 11.3 Å². The molecule has 1 saturated carbocycles. The summed E-state index contributed by atoms with van der Waals surface area (Å²) in [5.41, 5.74) is 1.36. The highest BCUT2D eigenvalue weighted by Gasteiger charge is 2.21. The van der Waals surface area contributed by atoms with E-state index in [2.05, 4.69) is 12.2 Å². The van der Waals surface area contributed by atoms with Gasteiger partial charge in [0.1, 0.15) is 0 Å². The average molecular weight is 238 g/mol. The normalized spacial score (nSPS) is 17.9. The van der Waals surface area contributed by atoms with E-state index < -0.39 is 0 Å². The first-order chi connectivity index (χ1) is 7.81. The number of likely N-dealkylation sites (N-methyl/N-ethyl adjacent to an activating group) is 1. The van der Waals surface area contributed by atoms with Crippen LogP contribution in [-0.4, -0.2) is 18.6 Å². The molecule has 0 radical (unpaired) electrons. The van der Waals surface area contributed by atoms with Crippen molar-refractivity contribution in [2.75, 3.05) is 13.6 Å². The van der Waals surface area contributed by atoms with Gasteiger partial charge in [0.25, 0.3) is 0 Å². The lowest BCUT2D eigenvalue weighted by Gasteiger charge is -2.21. The number of aryl methyl sites for hydroxylation is 1. The third kappa shape index (κ3) is 2.83. The van der Waals surface area contributed by atoms with E-state index in [4.69, 9.17) is 4.98 Å². The highest BCUT2D eigenvalue weighted by Crippen LogP contribution is 2.37. The van der Waals surface area contributed by atoms with Gasteiger partial charge in [-0.25, -0.2) is 4.98 Å². The molecular formula is C13H22N2S. The molecule has 1 N–H and O–H groups in total. The molecule has 0 atom stereocenters. The maximum Gasteiger partial charge on any atom is 0.0900 e. The topological polar surface area (TPSA) is 24.9 Å². The van der Waals surface area contributed by atoms with Gasteiger partial charge in [0.15, 0.2) is 0 Å². The monoisotopic (exact) mass is 238 g/mol. The van der Waals surface area contributed by atoms with Crippen molar-refractivity contribution in [1.29, 1.82) is 0 Å². The van der Waals surface area contributed by atoms with Crippen molar-refractivity contribution in [3.63, 3.8) is 0 Å². The van der Waals surface area contributed by atoms with E-state index in [-0.39, 0.29) is 0 Å². The number of nitrogens with one attached hydrogen (secondary N) is 1. The zero-order chi connectivity index (χ0) is 11.4. The second-order valence-corrected chi connectivity index (χ2v) is 5.97. The SMILES string of the molecule is CNCCc1nc(C)sc1C1CCCCC1. The van der Waals surface area contributed by atoms with Crippen LogP contribution in [0.25, 0.3) is 0 Å². The van der Waals surface area contributed by atoms with Crippen molar-refractivity contribution in [2.45, 2.75) is 51.4 Å². The fraction of sp³-hybridized carbons (Fsp3) is 0.769. The number of hydrogen-bond donors (Lipinski definition) is 1. The quantitative estimate of drug-likeness (QED) is 0.871. The highest BCUT2D eigenvalue weighted by molar-refractivity contribution is 7.11. The molecule has 0 amide bonds. The minimum absolute atomic E-state index is 0.812. The molecule has 1 aromatic heterocycles. The molecule has 0 unspecified atom stereocenters. The Hall–Kier alpha value is -0.410. The Balaban J connectivity index is 2.10. The van der Waals surface area contributed by atoms with Crippen LogP contribution >= 0.6 is 11.3 Å². The Morgan fingerprint density at radius 1 is 1.31 bits per heavy atom. The van der Waals surface area contributed by atoms with E-state index in [1.807, 2.05) is 18.4 Å². The Labute approximate surface area is 102 Å². The van der Waals surface area contributed by atoms with Crippen LogP contribution < -0.4 is 5.32 Å². The molecule has 2 rings (SSSR count). The van der Waals surface area contributed by atoms with Gasteiger partial charge in [-0.3, -0.25) is 0 Å². The van der Waals surface area contributed by atoms with Crippen molar-refractivity contribution in [3.8, 4) is 0 Å². The Morgan fingerprint density at radius 3 is 2.75 bits per heavy atom. The van der Waals surface area contributed by atoms with Crippen LogP contribution in [0.2, 0.25) is 0 Å². The lowest BCUT2D eigenvalue weighted by molar-refractivity contribution is 0.445. The van der Waals surface area contributed by atoms with E-state index in [9.17, 15) is 0 Å². The van der Waals surface area contributed by atoms with Gasteiger partial charge in [-0.2, -0.15) is 0 Å². The van der Waals surface area contributed by atoms with Crippen LogP contribution in [0.3, 0.4) is 0 Å². The van der Waals surface area contributed by atoms with Gasteiger partial charge in [0.2, 0.25) is 0 Å². The van der Waals surface area contributed by atoms with Gasteiger partial charge < -0.3 is 5.32 Å². The number of rotatable bonds is 4. The first-order valence-electron chi connectivity index (χ1n) is 6.42. The van der Waals surface area contributed by atoms with E-state index in [0.717, 1.165) is 18.9 Å². The lowest BCUT2D eigenvalue weighted by atomic mass is 9.87. The molecule has 0 bridgehead atoms. The third-order valence-electron chi connectivity index (χ3n) is 3.42. The molecule has 16 heavy (non-hydrogen) atoms. The Bertz CT molecular complexity index is 327. The lowest BCUT2D eigenvalue weighted by Crippen LogP contribution is -2.13. The number of aromatic nitrogens is 1. The van der Waals surface area contributed by atoms with Crippen LogP contribution in [0.5, 0.6) is 0 Å². The molecule has 1 aromatic rings. The maximum absolute atomic E-state index is 4.70. The molecule has 0 saturated heterocycles. The second kappa shape index (κ2) is 5.78. The summed E-state index contributed by atoms with van der Waals surface area (Å²) in [4.78, 5) is 6.29. The van der Waals surface area contributed by atoms with E-state index in [1.165, 1.54) is 42.8 Å². The number of thiazole rings is 1. The van der Waals surface area contributed by atoms with Crippen molar-refractivity contribution in [2.24, 2.45) is 0 Å². The minimum atomic E-state index is 0.812. The second-order valence-electron chi connectivity index (χ2n) is 4.73. The summed E-state index contributed by atoms with van der Waals surface area (Å²) in [6.07, 6.45) is 8.11. The van der Waals surface area contributed by atoms with Gasteiger partial charge in [0.05, 0.1) is 10.7 Å². The average Bonchev–Trinajstić information content (AvgIpc) is 2.69. The molecule has 1 heterocycles. The first-order valence-corrected chi connectivity index (χ1v) is 7.23. The van der Waals surface area contributed by atoms with Crippen molar-refractivity contribution in [3.05, 3.63) is 15.6 Å². The van der Waals surface area contributed by atoms with Gasteiger partial charge >= 0.3 is 0 Å². The van der Waals surface area contributed by atoms with Gasteiger partial charge in [0, 0.05) is 17.8 Å². The van der Waals surface area contributed by atoms with Crippen LogP contribution in [0.4, 0.5) is 0 Å². The number of nitrogens with zero attached hydrogens (tertiary/aromatic N) is 1. The molecule has 1 fully saturated rings. The Morgan fingerprint density at radius 2 is 2.06 bits per heavy atom. The summed E-state index contributed by atoms with van der Waals surface area (Å²) in [6.45, 7) is 3.18. The van der Waals surface area contributed by atoms with Crippen molar-refractivity contribution < 1.29 is 0 Å². The zero-order valence-electron chi connectivity index (χ0n) is 10.4. The zero-order valence-corrected chi connectivity index (χ0v) is 11.2. The molecule has 0 spiro atoms. The summed E-state index contributed by atoms with van der Waals surface area (Å²) in [5.74, 6) is 0.812. The highest BCUT2D eigenvalue weighted by atomic mass is 32.1. The fourth-order valence-electron chi connectivity index (χ4n) is 2.59. The molecule has 3 heteroatoms. The molecule has 1 aliphatic rings. The summed E-state index contributed by atoms with van der Waals surface area (Å²) < 4.78 is 0. The van der Waals surface area contributed by atoms with Crippen molar-refractivity contribution >= 4 is 11.3 Å². The molecule has 0 aromatic carbocycles. The maximum atomic E-state index is 4.70. The van der Waals surface area contributed by atoms with Crippen LogP contribution in [-0.2, 0) is 6.42 Å². The number of hydrogen-bond acceptors (Lipinski definition) is 3. The molecular weight excluding hydrogens is 216 g/mol. The minimum Gasteiger partial charge on any atom is -0.319 e. The molecule has 0 aliphatic heterocycles. The molecule has 2 nitrogen and oxygen atoms in total. The summed E-state index contributed by atoms with van der Waals surface area (Å²) in [7, 11) is 2.01. The smallest absolute Gasteiger partial charge is 0.0900 e. The molecule has 1 aliphatic carbocycles. The van der Waals surface area contributed by atoms with Crippen LogP contribution in [0, 0.1) is 6.92 Å². The predicted molar refractivity (Wildman–Crippen MR) is 70.3 cm³/mol. The van der Waals surface area contributed by atoms with E-state index in [0.29, 0.717) is 0 Å². The molecule has 90 valence electrons. The fourth-order valence-corrected chi connectivity index (χ4v) is 3.73. The summed E-state index contributed by atoms with van der Waals surface area (Å²) >= 11 is 1.93.